The van der Waals surface area contributed by atoms with Crippen molar-refractivity contribution in [1.82, 2.24) is 14.5 Å². The summed E-state index contributed by atoms with van der Waals surface area (Å²) in [6, 6.07) is 5.34. The molecule has 0 bridgehead atoms. The van der Waals surface area contributed by atoms with E-state index in [1.165, 1.54) is 18.9 Å². The highest BCUT2D eigenvalue weighted by Crippen LogP contribution is 2.25. The Hall–Kier alpha value is -1.13. The van der Waals surface area contributed by atoms with Crippen molar-refractivity contribution in [2.24, 2.45) is 0 Å². The third kappa shape index (κ3) is 2.42. The summed E-state index contributed by atoms with van der Waals surface area (Å²) >= 11 is 6.00. The lowest BCUT2D eigenvalue weighted by atomic mass is 10.2. The maximum Gasteiger partial charge on any atom is 0.151 e. The summed E-state index contributed by atoms with van der Waals surface area (Å²) in [4.78, 5) is 6.82. The molecule has 2 aromatic rings. The van der Waals surface area contributed by atoms with Gasteiger partial charge in [0, 0.05) is 12.6 Å². The second kappa shape index (κ2) is 5.70. The van der Waals surface area contributed by atoms with Crippen LogP contribution in [0, 0.1) is 5.82 Å². The highest BCUT2D eigenvalue weighted by atomic mass is 35.5. The number of alkyl halides is 1. The van der Waals surface area contributed by atoms with Gasteiger partial charge in [-0.15, -0.1) is 11.6 Å². The van der Waals surface area contributed by atoms with E-state index in [-0.39, 0.29) is 11.9 Å². The van der Waals surface area contributed by atoms with Crippen LogP contribution in [0.4, 0.5) is 4.39 Å². The number of nitrogens with zero attached hydrogens (tertiary/aromatic N) is 3. The number of rotatable bonds is 4. The van der Waals surface area contributed by atoms with Crippen LogP contribution in [0.15, 0.2) is 18.2 Å². The zero-order valence-electron chi connectivity index (χ0n) is 11.6. The number of aromatic nitrogens is 2. The summed E-state index contributed by atoms with van der Waals surface area (Å²) in [5.74, 6) is 0.776. The maximum absolute atomic E-state index is 13.9. The Morgan fingerprint density at radius 2 is 2.10 bits per heavy atom. The Kier molecular flexibility index (Phi) is 3.94. The van der Waals surface area contributed by atoms with E-state index < -0.39 is 0 Å². The highest BCUT2D eigenvalue weighted by Gasteiger charge is 2.20. The topological polar surface area (TPSA) is 21.1 Å². The molecule has 20 heavy (non-hydrogen) atoms. The van der Waals surface area contributed by atoms with Crippen LogP contribution in [-0.4, -0.2) is 34.1 Å². The second-order valence-electron chi connectivity index (χ2n) is 5.50. The number of para-hydroxylation sites is 1. The molecule has 0 amide bonds. The van der Waals surface area contributed by atoms with E-state index in [0.29, 0.717) is 11.4 Å². The number of benzene rings is 1. The number of likely N-dealkylation sites (tertiary alicyclic amines) is 1. The van der Waals surface area contributed by atoms with Crippen molar-refractivity contribution in [3.8, 4) is 0 Å². The van der Waals surface area contributed by atoms with Crippen LogP contribution in [0.5, 0.6) is 0 Å². The van der Waals surface area contributed by atoms with Crippen LogP contribution >= 0.6 is 11.6 Å². The van der Waals surface area contributed by atoms with Gasteiger partial charge in [0.2, 0.25) is 0 Å². The fourth-order valence-corrected chi connectivity index (χ4v) is 3.33. The number of fused-ring (bicyclic) bond motifs is 1. The molecule has 0 spiro atoms. The maximum atomic E-state index is 13.9. The largest absolute Gasteiger partial charge is 0.323 e. The molecule has 1 aliphatic heterocycles. The molecule has 0 aliphatic carbocycles. The van der Waals surface area contributed by atoms with E-state index in [1.54, 1.807) is 6.07 Å². The van der Waals surface area contributed by atoms with Crippen LogP contribution in [0.1, 0.15) is 31.6 Å². The first-order chi connectivity index (χ1) is 9.70. The highest BCUT2D eigenvalue weighted by molar-refractivity contribution is 6.16. The number of imidazole rings is 1. The lowest BCUT2D eigenvalue weighted by Gasteiger charge is -2.23. The molecule has 0 N–H and O–H groups in total. The van der Waals surface area contributed by atoms with Crippen molar-refractivity contribution >= 4 is 22.6 Å². The monoisotopic (exact) mass is 295 g/mol. The molecular formula is C15H19ClFN3. The molecule has 1 aromatic heterocycles. The minimum atomic E-state index is -0.277. The number of hydrogen-bond donors (Lipinski definition) is 0. The van der Waals surface area contributed by atoms with Crippen molar-refractivity contribution in [3.63, 3.8) is 0 Å². The van der Waals surface area contributed by atoms with Crippen molar-refractivity contribution in [3.05, 3.63) is 29.8 Å². The molecule has 3 nitrogen and oxygen atoms in total. The second-order valence-corrected chi connectivity index (χ2v) is 5.76. The van der Waals surface area contributed by atoms with Crippen molar-refractivity contribution in [1.29, 1.82) is 0 Å². The van der Waals surface area contributed by atoms with Crippen LogP contribution in [0.2, 0.25) is 0 Å². The van der Waals surface area contributed by atoms with E-state index in [0.717, 1.165) is 31.0 Å². The summed E-state index contributed by atoms with van der Waals surface area (Å²) in [7, 11) is 0. The lowest BCUT2D eigenvalue weighted by Crippen LogP contribution is -2.27. The normalized spacial score (nSPS) is 17.9. The predicted molar refractivity (Wildman–Crippen MR) is 79.6 cm³/mol. The molecule has 1 aromatic carbocycles. The molecule has 1 aliphatic rings. The van der Waals surface area contributed by atoms with E-state index >= 15 is 0 Å². The minimum Gasteiger partial charge on any atom is -0.323 e. The average Bonchev–Trinajstić information content (AvgIpc) is 3.05. The van der Waals surface area contributed by atoms with Crippen LogP contribution < -0.4 is 0 Å². The zero-order chi connectivity index (χ0) is 14.1. The van der Waals surface area contributed by atoms with Gasteiger partial charge in [-0.1, -0.05) is 6.07 Å². The fraction of sp³-hybridized carbons (Fsp3) is 0.533. The Bertz CT molecular complexity index is 604. The minimum absolute atomic E-state index is 0.244. The third-order valence-electron chi connectivity index (χ3n) is 4.03. The SMILES string of the molecule is CC(CN1CCCC1)n1c(CCl)nc2c(F)cccc21. The summed E-state index contributed by atoms with van der Waals surface area (Å²) in [5.41, 5.74) is 1.27. The molecule has 1 fully saturated rings. The quantitative estimate of drug-likeness (QED) is 0.804. The van der Waals surface area contributed by atoms with E-state index in [2.05, 4.69) is 21.4 Å². The average molecular weight is 296 g/mol. The molecule has 108 valence electrons. The standard InChI is InChI=1S/C15H19ClFN3/c1-11(10-19-7-2-3-8-19)20-13-6-4-5-12(17)15(13)18-14(20)9-16/h4-6,11H,2-3,7-10H2,1H3. The van der Waals surface area contributed by atoms with Gasteiger partial charge >= 0.3 is 0 Å². The van der Waals surface area contributed by atoms with Gasteiger partial charge in [-0.3, -0.25) is 0 Å². The Balaban J connectivity index is 1.98. The Morgan fingerprint density at radius 3 is 2.80 bits per heavy atom. The van der Waals surface area contributed by atoms with Gasteiger partial charge in [0.25, 0.3) is 0 Å². The van der Waals surface area contributed by atoms with Gasteiger partial charge in [-0.2, -0.15) is 0 Å². The number of hydrogen-bond acceptors (Lipinski definition) is 2. The molecule has 1 unspecified atom stereocenters. The van der Waals surface area contributed by atoms with Crippen LogP contribution in [0.25, 0.3) is 11.0 Å². The molecule has 0 radical (unpaired) electrons. The van der Waals surface area contributed by atoms with Gasteiger partial charge in [0.1, 0.15) is 11.3 Å². The smallest absolute Gasteiger partial charge is 0.151 e. The van der Waals surface area contributed by atoms with E-state index in [9.17, 15) is 4.39 Å². The number of halogens is 2. The zero-order valence-corrected chi connectivity index (χ0v) is 12.4. The molecular weight excluding hydrogens is 277 g/mol. The lowest BCUT2D eigenvalue weighted by molar-refractivity contribution is 0.288. The third-order valence-corrected chi connectivity index (χ3v) is 4.26. The molecule has 2 heterocycles. The fourth-order valence-electron chi connectivity index (χ4n) is 3.14. The first-order valence-corrected chi connectivity index (χ1v) is 7.68. The van der Waals surface area contributed by atoms with Crippen LogP contribution in [0.3, 0.4) is 0 Å². The van der Waals surface area contributed by atoms with Gasteiger partial charge in [-0.05, 0) is 45.0 Å². The Labute approximate surface area is 123 Å². The van der Waals surface area contributed by atoms with Gasteiger partial charge in [-0.25, -0.2) is 9.37 Å². The van der Waals surface area contributed by atoms with E-state index in [1.807, 2.05) is 6.07 Å². The van der Waals surface area contributed by atoms with Gasteiger partial charge in [0.15, 0.2) is 5.82 Å². The van der Waals surface area contributed by atoms with Crippen molar-refractivity contribution < 1.29 is 4.39 Å². The van der Waals surface area contributed by atoms with Crippen LogP contribution in [-0.2, 0) is 5.88 Å². The summed E-state index contributed by atoms with van der Waals surface area (Å²) in [6.45, 7) is 5.43. The summed E-state index contributed by atoms with van der Waals surface area (Å²) in [6.07, 6.45) is 2.54. The van der Waals surface area contributed by atoms with Crippen molar-refractivity contribution in [2.45, 2.75) is 31.7 Å². The van der Waals surface area contributed by atoms with Gasteiger partial charge < -0.3 is 9.47 Å². The molecule has 0 saturated carbocycles. The molecule has 1 saturated heterocycles. The first-order valence-electron chi connectivity index (χ1n) is 7.14. The molecule has 5 heteroatoms. The summed E-state index contributed by atoms with van der Waals surface area (Å²) in [5, 5.41) is 0. The van der Waals surface area contributed by atoms with E-state index in [4.69, 9.17) is 11.6 Å². The van der Waals surface area contributed by atoms with Crippen molar-refractivity contribution in [2.75, 3.05) is 19.6 Å². The van der Waals surface area contributed by atoms with Gasteiger partial charge in [0.05, 0.1) is 11.4 Å². The summed E-state index contributed by atoms with van der Waals surface area (Å²) < 4.78 is 15.9. The predicted octanol–water partition coefficient (Wildman–Crippen LogP) is 3.57. The Morgan fingerprint density at radius 1 is 1.35 bits per heavy atom. The molecule has 1 atom stereocenters. The molecule has 3 rings (SSSR count). The first kappa shape index (κ1) is 13.8.